The highest BCUT2D eigenvalue weighted by atomic mass is 35.5. The van der Waals surface area contributed by atoms with Crippen LogP contribution in [0.25, 0.3) is 0 Å². The molecule has 1 aromatic carbocycles. The van der Waals surface area contributed by atoms with Gasteiger partial charge in [-0.2, -0.15) is 17.5 Å². The van der Waals surface area contributed by atoms with Gasteiger partial charge in [-0.3, -0.25) is 0 Å². The van der Waals surface area contributed by atoms with Gasteiger partial charge >= 0.3 is 6.18 Å². The Balaban J connectivity index is 2.23. The molecule has 22 heavy (non-hydrogen) atoms. The van der Waals surface area contributed by atoms with Gasteiger partial charge in [0.15, 0.2) is 0 Å². The van der Waals surface area contributed by atoms with Gasteiger partial charge in [0.2, 0.25) is 10.0 Å². The molecular weight excluding hydrogens is 382 g/mol. The maximum Gasteiger partial charge on any atom is 0.390 e. The lowest BCUT2D eigenvalue weighted by atomic mass is 10.2. The first-order chi connectivity index (χ1) is 10.1. The first-order valence-corrected chi connectivity index (χ1v) is 9.64. The zero-order chi connectivity index (χ0) is 16.5. The molecule has 0 bridgehead atoms. The molecule has 0 aromatic heterocycles. The molecule has 1 atom stereocenters. The third kappa shape index (κ3) is 4.44. The Bertz CT molecular complexity index is 652. The minimum Gasteiger partial charge on any atom is -0.212 e. The van der Waals surface area contributed by atoms with E-state index in [9.17, 15) is 21.6 Å². The van der Waals surface area contributed by atoms with Gasteiger partial charge in [0.25, 0.3) is 0 Å². The Morgan fingerprint density at radius 1 is 1.32 bits per heavy atom. The van der Waals surface area contributed by atoms with E-state index in [0.717, 1.165) is 4.31 Å². The largest absolute Gasteiger partial charge is 0.390 e. The molecule has 1 aliphatic heterocycles. The van der Waals surface area contributed by atoms with Crippen LogP contribution in [0.3, 0.4) is 0 Å². The van der Waals surface area contributed by atoms with Crippen molar-refractivity contribution in [2.24, 2.45) is 0 Å². The SMILES string of the molecule is O=S(=O)(CCC(F)(F)F)N1CCSC1c1ccc(Cl)cc1Cl. The van der Waals surface area contributed by atoms with Crippen LogP contribution in [-0.2, 0) is 10.0 Å². The molecule has 10 heteroatoms. The second-order valence-corrected chi connectivity index (χ2v) is 8.75. The van der Waals surface area contributed by atoms with Crippen LogP contribution in [0.15, 0.2) is 18.2 Å². The van der Waals surface area contributed by atoms with E-state index in [4.69, 9.17) is 23.2 Å². The van der Waals surface area contributed by atoms with Crippen LogP contribution in [0.5, 0.6) is 0 Å². The summed E-state index contributed by atoms with van der Waals surface area (Å²) in [6, 6.07) is 4.65. The van der Waals surface area contributed by atoms with Gasteiger partial charge in [0.1, 0.15) is 0 Å². The van der Waals surface area contributed by atoms with Crippen molar-refractivity contribution >= 4 is 45.0 Å². The fraction of sp³-hybridized carbons (Fsp3) is 0.500. The summed E-state index contributed by atoms with van der Waals surface area (Å²) in [6.45, 7) is 0.161. The average molecular weight is 394 g/mol. The summed E-state index contributed by atoms with van der Waals surface area (Å²) in [5.41, 5.74) is 0.532. The minimum absolute atomic E-state index is 0.161. The van der Waals surface area contributed by atoms with E-state index in [-0.39, 0.29) is 6.54 Å². The number of halogens is 5. The van der Waals surface area contributed by atoms with Crippen molar-refractivity contribution in [3.8, 4) is 0 Å². The molecule has 0 radical (unpaired) electrons. The number of rotatable bonds is 4. The van der Waals surface area contributed by atoms with Gasteiger partial charge in [-0.25, -0.2) is 8.42 Å². The number of sulfonamides is 1. The molecule has 1 fully saturated rings. The molecule has 1 heterocycles. The molecule has 0 aliphatic carbocycles. The van der Waals surface area contributed by atoms with Crippen molar-refractivity contribution in [1.82, 2.24) is 4.31 Å². The maximum absolute atomic E-state index is 12.3. The lowest BCUT2D eigenvalue weighted by Crippen LogP contribution is -2.34. The van der Waals surface area contributed by atoms with Crippen molar-refractivity contribution in [1.29, 1.82) is 0 Å². The smallest absolute Gasteiger partial charge is 0.212 e. The Kier molecular flexibility index (Phi) is 5.59. The summed E-state index contributed by atoms with van der Waals surface area (Å²) in [6.07, 6.45) is -5.87. The Hall–Kier alpha value is -0.150. The van der Waals surface area contributed by atoms with Crippen LogP contribution in [0.2, 0.25) is 10.0 Å². The summed E-state index contributed by atoms with van der Waals surface area (Å²) in [4.78, 5) is 0. The summed E-state index contributed by atoms with van der Waals surface area (Å²) in [5.74, 6) is -0.465. The van der Waals surface area contributed by atoms with Crippen LogP contribution < -0.4 is 0 Å². The summed E-state index contributed by atoms with van der Waals surface area (Å²) < 4.78 is 62.3. The van der Waals surface area contributed by atoms with Crippen LogP contribution in [0, 0.1) is 0 Å². The normalized spacial score (nSPS) is 20.5. The minimum atomic E-state index is -4.51. The maximum atomic E-state index is 12.3. The number of benzene rings is 1. The second-order valence-electron chi connectivity index (χ2n) is 4.68. The Labute approximate surface area is 140 Å². The van der Waals surface area contributed by atoms with Crippen molar-refractivity contribution in [2.75, 3.05) is 18.1 Å². The lowest BCUT2D eigenvalue weighted by Gasteiger charge is -2.24. The van der Waals surface area contributed by atoms with E-state index < -0.39 is 33.7 Å². The molecule has 0 amide bonds. The molecule has 0 spiro atoms. The fourth-order valence-corrected chi connectivity index (χ4v) is 6.00. The number of hydrogen-bond acceptors (Lipinski definition) is 3. The van der Waals surface area contributed by atoms with E-state index >= 15 is 0 Å². The molecule has 0 saturated carbocycles. The standard InChI is InChI=1S/C12H12Cl2F3NO2S2/c13-8-1-2-9(10(14)7-8)11-18(4-5-21-11)22(19,20)6-3-12(15,16)17/h1-2,7,11H,3-6H2. The fourth-order valence-electron chi connectivity index (χ4n) is 2.05. The predicted molar refractivity (Wildman–Crippen MR) is 82.8 cm³/mol. The van der Waals surface area contributed by atoms with E-state index in [1.54, 1.807) is 12.1 Å². The number of thioether (sulfide) groups is 1. The first-order valence-electron chi connectivity index (χ1n) is 6.23. The third-order valence-corrected chi connectivity index (χ3v) is 6.84. The van der Waals surface area contributed by atoms with E-state index in [0.29, 0.717) is 21.4 Å². The average Bonchev–Trinajstić information content (AvgIpc) is 2.85. The monoisotopic (exact) mass is 393 g/mol. The van der Waals surface area contributed by atoms with Crippen LogP contribution in [0.1, 0.15) is 17.4 Å². The van der Waals surface area contributed by atoms with Crippen molar-refractivity contribution in [3.05, 3.63) is 33.8 Å². The van der Waals surface area contributed by atoms with Crippen LogP contribution >= 0.6 is 35.0 Å². The molecule has 1 aliphatic rings. The molecule has 1 unspecified atom stereocenters. The van der Waals surface area contributed by atoms with Gasteiger partial charge in [-0.1, -0.05) is 29.3 Å². The summed E-state index contributed by atoms with van der Waals surface area (Å²) in [5, 5.41) is 0.0779. The predicted octanol–water partition coefficient (Wildman–Crippen LogP) is 4.32. The summed E-state index contributed by atoms with van der Waals surface area (Å²) in [7, 11) is -4.02. The van der Waals surface area contributed by atoms with Gasteiger partial charge in [0.05, 0.1) is 17.5 Å². The van der Waals surface area contributed by atoms with Gasteiger partial charge in [-0.05, 0) is 17.7 Å². The highest BCUT2D eigenvalue weighted by molar-refractivity contribution is 8.01. The van der Waals surface area contributed by atoms with Crippen molar-refractivity contribution in [3.63, 3.8) is 0 Å². The first kappa shape index (κ1) is 18.2. The van der Waals surface area contributed by atoms with Crippen LogP contribution in [0.4, 0.5) is 13.2 Å². The highest BCUT2D eigenvalue weighted by Crippen LogP contribution is 2.43. The Morgan fingerprint density at radius 2 is 2.00 bits per heavy atom. The van der Waals surface area contributed by atoms with Crippen LogP contribution in [-0.4, -0.2) is 36.9 Å². The Morgan fingerprint density at radius 3 is 2.59 bits per heavy atom. The quantitative estimate of drug-likeness (QED) is 0.763. The zero-order valence-corrected chi connectivity index (χ0v) is 14.3. The lowest BCUT2D eigenvalue weighted by molar-refractivity contribution is -0.130. The van der Waals surface area contributed by atoms with Gasteiger partial charge in [0, 0.05) is 22.3 Å². The second kappa shape index (κ2) is 6.76. The van der Waals surface area contributed by atoms with Gasteiger partial charge in [-0.15, -0.1) is 11.8 Å². The number of alkyl halides is 3. The van der Waals surface area contributed by atoms with Crippen molar-refractivity contribution < 1.29 is 21.6 Å². The highest BCUT2D eigenvalue weighted by Gasteiger charge is 2.39. The molecule has 2 rings (SSSR count). The van der Waals surface area contributed by atoms with E-state index in [1.165, 1.54) is 17.8 Å². The van der Waals surface area contributed by atoms with E-state index in [1.807, 2.05) is 0 Å². The van der Waals surface area contributed by atoms with Gasteiger partial charge < -0.3 is 0 Å². The number of nitrogens with zero attached hydrogens (tertiary/aromatic N) is 1. The summed E-state index contributed by atoms with van der Waals surface area (Å²) >= 11 is 13.2. The van der Waals surface area contributed by atoms with E-state index in [2.05, 4.69) is 0 Å². The molecule has 3 nitrogen and oxygen atoms in total. The third-order valence-electron chi connectivity index (χ3n) is 3.08. The molecule has 1 saturated heterocycles. The molecular formula is C12H12Cl2F3NO2S2. The zero-order valence-electron chi connectivity index (χ0n) is 11.1. The molecule has 1 aromatic rings. The topological polar surface area (TPSA) is 37.4 Å². The van der Waals surface area contributed by atoms with Crippen molar-refractivity contribution in [2.45, 2.75) is 18.0 Å². The molecule has 124 valence electrons. The number of hydrogen-bond donors (Lipinski definition) is 0. The molecule has 0 N–H and O–H groups in total.